The van der Waals surface area contributed by atoms with Crippen molar-refractivity contribution >= 4 is 22.4 Å². The Kier molecular flexibility index (Phi) is 4.35. The summed E-state index contributed by atoms with van der Waals surface area (Å²) in [6.07, 6.45) is 0. The van der Waals surface area contributed by atoms with Crippen LogP contribution in [0.15, 0.2) is 35.1 Å². The second-order valence-corrected chi connectivity index (χ2v) is 6.18. The van der Waals surface area contributed by atoms with E-state index in [0.29, 0.717) is 16.8 Å². The van der Waals surface area contributed by atoms with Crippen molar-refractivity contribution < 1.29 is 4.79 Å². The molecule has 0 saturated heterocycles. The summed E-state index contributed by atoms with van der Waals surface area (Å²) in [4.78, 5) is 29.4. The van der Waals surface area contributed by atoms with Gasteiger partial charge >= 0.3 is 0 Å². The van der Waals surface area contributed by atoms with Gasteiger partial charge in [0, 0.05) is 11.1 Å². The summed E-state index contributed by atoms with van der Waals surface area (Å²) in [7, 11) is 0. The summed E-state index contributed by atoms with van der Waals surface area (Å²) >= 11 is 0. The molecule has 2 aromatic heterocycles. The van der Waals surface area contributed by atoms with Crippen molar-refractivity contribution in [3.63, 3.8) is 0 Å². The molecule has 1 amide bonds. The Morgan fingerprint density at radius 1 is 1.08 bits per heavy atom. The van der Waals surface area contributed by atoms with Gasteiger partial charge in [0.1, 0.15) is 6.54 Å². The van der Waals surface area contributed by atoms with Crippen LogP contribution in [0.25, 0.3) is 10.8 Å². The number of hydrogen-bond acceptors (Lipinski definition) is 4. The molecule has 6 heteroatoms. The Labute approximate surface area is 145 Å². The monoisotopic (exact) mass is 336 g/mol. The first-order chi connectivity index (χ1) is 11.9. The Bertz CT molecular complexity index is 1010. The molecule has 0 atom stereocenters. The van der Waals surface area contributed by atoms with Crippen molar-refractivity contribution in [3.8, 4) is 0 Å². The van der Waals surface area contributed by atoms with Gasteiger partial charge in [0.15, 0.2) is 0 Å². The Balaban J connectivity index is 1.91. The van der Waals surface area contributed by atoms with E-state index in [4.69, 9.17) is 0 Å². The fourth-order valence-corrected chi connectivity index (χ4v) is 3.04. The molecule has 0 radical (unpaired) electrons. The standard InChI is InChI=1S/C19H20N4O2/c1-11-9-12(2)20-14(4)18(11)21-17(24)10-23-19(25)16-8-6-5-7-15(16)13(3)22-23/h5-9H,10H2,1-4H3,(H,21,24). The first kappa shape index (κ1) is 16.8. The van der Waals surface area contributed by atoms with Gasteiger partial charge in [-0.3, -0.25) is 14.6 Å². The third kappa shape index (κ3) is 3.28. The Morgan fingerprint density at radius 2 is 1.76 bits per heavy atom. The van der Waals surface area contributed by atoms with Crippen molar-refractivity contribution in [2.45, 2.75) is 34.2 Å². The summed E-state index contributed by atoms with van der Waals surface area (Å²) in [6, 6.07) is 9.18. The molecule has 0 saturated carbocycles. The minimum atomic E-state index is -0.305. The van der Waals surface area contributed by atoms with Crippen molar-refractivity contribution in [2.24, 2.45) is 0 Å². The van der Waals surface area contributed by atoms with Gasteiger partial charge in [0.2, 0.25) is 5.91 Å². The number of aryl methyl sites for hydroxylation is 4. The molecule has 0 aliphatic heterocycles. The highest BCUT2D eigenvalue weighted by Crippen LogP contribution is 2.19. The summed E-state index contributed by atoms with van der Waals surface area (Å²) in [5, 5.41) is 8.48. The van der Waals surface area contributed by atoms with E-state index in [-0.39, 0.29) is 18.0 Å². The lowest BCUT2D eigenvalue weighted by molar-refractivity contribution is -0.117. The zero-order valence-electron chi connectivity index (χ0n) is 14.8. The molecule has 25 heavy (non-hydrogen) atoms. The van der Waals surface area contributed by atoms with Crippen LogP contribution >= 0.6 is 0 Å². The predicted octanol–water partition coefficient (Wildman–Crippen LogP) is 2.66. The second-order valence-electron chi connectivity index (χ2n) is 6.18. The van der Waals surface area contributed by atoms with E-state index < -0.39 is 0 Å². The third-order valence-corrected chi connectivity index (χ3v) is 4.14. The van der Waals surface area contributed by atoms with E-state index >= 15 is 0 Å². The Morgan fingerprint density at radius 3 is 2.44 bits per heavy atom. The number of fused-ring (bicyclic) bond motifs is 1. The zero-order valence-corrected chi connectivity index (χ0v) is 14.8. The number of nitrogens with one attached hydrogen (secondary N) is 1. The topological polar surface area (TPSA) is 76.9 Å². The number of pyridine rings is 1. The fourth-order valence-electron chi connectivity index (χ4n) is 3.04. The maximum absolute atomic E-state index is 12.6. The Hall–Kier alpha value is -3.02. The van der Waals surface area contributed by atoms with Crippen molar-refractivity contribution in [1.82, 2.24) is 14.8 Å². The number of aromatic nitrogens is 3. The molecule has 2 heterocycles. The van der Waals surface area contributed by atoms with Crippen LogP contribution in [0.3, 0.4) is 0 Å². The smallest absolute Gasteiger partial charge is 0.275 e. The predicted molar refractivity (Wildman–Crippen MR) is 97.8 cm³/mol. The number of carbonyl (C=O) groups is 1. The second kappa shape index (κ2) is 6.47. The maximum atomic E-state index is 12.6. The normalized spacial score (nSPS) is 10.9. The maximum Gasteiger partial charge on any atom is 0.275 e. The van der Waals surface area contributed by atoms with Crippen LogP contribution in [0.2, 0.25) is 0 Å². The average molecular weight is 336 g/mol. The van der Waals surface area contributed by atoms with Gasteiger partial charge in [0.25, 0.3) is 5.56 Å². The van der Waals surface area contributed by atoms with Crippen LogP contribution in [0, 0.1) is 27.7 Å². The highest BCUT2D eigenvalue weighted by atomic mass is 16.2. The molecule has 0 fully saturated rings. The molecule has 1 aromatic carbocycles. The number of amides is 1. The van der Waals surface area contributed by atoms with Crippen LogP contribution in [0.1, 0.15) is 22.6 Å². The first-order valence-corrected chi connectivity index (χ1v) is 8.08. The highest BCUT2D eigenvalue weighted by Gasteiger charge is 2.13. The lowest BCUT2D eigenvalue weighted by Gasteiger charge is -2.13. The van der Waals surface area contributed by atoms with Gasteiger partial charge in [-0.05, 0) is 45.4 Å². The van der Waals surface area contributed by atoms with Crippen LogP contribution in [0.4, 0.5) is 5.69 Å². The molecule has 0 spiro atoms. The fraction of sp³-hybridized carbons (Fsp3) is 0.263. The minimum absolute atomic E-state index is 0.142. The molecule has 1 N–H and O–H groups in total. The minimum Gasteiger partial charge on any atom is -0.323 e. The number of carbonyl (C=O) groups excluding carboxylic acids is 1. The van der Waals surface area contributed by atoms with E-state index in [1.807, 2.05) is 45.9 Å². The van der Waals surface area contributed by atoms with E-state index in [1.165, 1.54) is 4.68 Å². The van der Waals surface area contributed by atoms with Crippen LogP contribution < -0.4 is 10.9 Å². The van der Waals surface area contributed by atoms with Crippen molar-refractivity contribution in [1.29, 1.82) is 0 Å². The van der Waals surface area contributed by atoms with Gasteiger partial charge in [-0.2, -0.15) is 5.10 Å². The molecule has 0 unspecified atom stereocenters. The molecule has 6 nitrogen and oxygen atoms in total. The third-order valence-electron chi connectivity index (χ3n) is 4.14. The number of hydrogen-bond donors (Lipinski definition) is 1. The van der Waals surface area contributed by atoms with Crippen molar-refractivity contribution in [3.05, 3.63) is 63.3 Å². The van der Waals surface area contributed by atoms with Gasteiger partial charge in [-0.1, -0.05) is 18.2 Å². The molecule has 128 valence electrons. The van der Waals surface area contributed by atoms with E-state index in [9.17, 15) is 9.59 Å². The highest BCUT2D eigenvalue weighted by molar-refractivity contribution is 5.92. The van der Waals surface area contributed by atoms with E-state index in [1.54, 1.807) is 12.1 Å². The van der Waals surface area contributed by atoms with Gasteiger partial charge < -0.3 is 5.32 Å². The quantitative estimate of drug-likeness (QED) is 0.798. The zero-order chi connectivity index (χ0) is 18.1. The summed E-state index contributed by atoms with van der Waals surface area (Å²) in [5.74, 6) is -0.305. The SMILES string of the molecule is Cc1cc(C)c(NC(=O)Cn2nc(C)c3ccccc3c2=O)c(C)n1. The number of anilines is 1. The first-order valence-electron chi connectivity index (χ1n) is 8.08. The summed E-state index contributed by atoms with van der Waals surface area (Å²) < 4.78 is 1.21. The summed E-state index contributed by atoms with van der Waals surface area (Å²) in [5.41, 5.74) is 3.71. The molecule has 3 aromatic rings. The molecule has 0 bridgehead atoms. The largest absolute Gasteiger partial charge is 0.323 e. The van der Waals surface area contributed by atoms with Gasteiger partial charge in [-0.15, -0.1) is 0 Å². The van der Waals surface area contributed by atoms with E-state index in [0.717, 1.165) is 22.3 Å². The van der Waals surface area contributed by atoms with Crippen LogP contribution in [-0.4, -0.2) is 20.7 Å². The van der Waals surface area contributed by atoms with E-state index in [2.05, 4.69) is 15.4 Å². The lowest BCUT2D eigenvalue weighted by Crippen LogP contribution is -2.30. The van der Waals surface area contributed by atoms with Crippen LogP contribution in [0.5, 0.6) is 0 Å². The molecule has 3 rings (SSSR count). The van der Waals surface area contributed by atoms with Gasteiger partial charge in [0.05, 0.1) is 22.5 Å². The molecule has 0 aliphatic rings. The van der Waals surface area contributed by atoms with Crippen molar-refractivity contribution in [2.75, 3.05) is 5.32 Å². The number of nitrogens with zero attached hydrogens (tertiary/aromatic N) is 3. The lowest BCUT2D eigenvalue weighted by atomic mass is 10.1. The van der Waals surface area contributed by atoms with Gasteiger partial charge in [-0.25, -0.2) is 4.68 Å². The molecular formula is C19H20N4O2. The number of rotatable bonds is 3. The summed E-state index contributed by atoms with van der Waals surface area (Å²) in [6.45, 7) is 7.36. The number of benzene rings is 1. The molecular weight excluding hydrogens is 316 g/mol. The van der Waals surface area contributed by atoms with Crippen LogP contribution in [-0.2, 0) is 11.3 Å². The molecule has 0 aliphatic carbocycles. The average Bonchev–Trinajstić information content (AvgIpc) is 2.56.